The van der Waals surface area contributed by atoms with Crippen LogP contribution >= 0.6 is 11.3 Å². The number of aromatic nitrogens is 3. The van der Waals surface area contributed by atoms with E-state index >= 15 is 0 Å². The molecular formula is C12H18N4S. The molecule has 4 nitrogen and oxygen atoms in total. The minimum Gasteiger partial charge on any atom is -0.331 e. The topological polar surface area (TPSA) is 42.7 Å². The van der Waals surface area contributed by atoms with Crippen LogP contribution in [0.15, 0.2) is 18.7 Å². The summed E-state index contributed by atoms with van der Waals surface area (Å²) in [5, 5.41) is 4.54. The third-order valence-corrected chi connectivity index (χ3v) is 3.49. The Balaban J connectivity index is 1.88. The smallest absolute Gasteiger partial charge is 0.0951 e. The van der Waals surface area contributed by atoms with Gasteiger partial charge in [-0.25, -0.2) is 9.97 Å². The summed E-state index contributed by atoms with van der Waals surface area (Å²) in [6.45, 7) is 8.07. The molecule has 0 radical (unpaired) electrons. The van der Waals surface area contributed by atoms with Gasteiger partial charge in [0.2, 0.25) is 0 Å². The molecule has 0 bridgehead atoms. The van der Waals surface area contributed by atoms with Crippen LogP contribution in [-0.2, 0) is 13.1 Å². The summed E-state index contributed by atoms with van der Waals surface area (Å²) >= 11 is 1.74. The van der Waals surface area contributed by atoms with Crippen LogP contribution in [-0.4, -0.2) is 14.5 Å². The Bertz CT molecular complexity index is 472. The largest absolute Gasteiger partial charge is 0.331 e. The van der Waals surface area contributed by atoms with Gasteiger partial charge in [0.05, 0.1) is 17.0 Å². The highest BCUT2D eigenvalue weighted by atomic mass is 32.1. The van der Waals surface area contributed by atoms with Crippen LogP contribution < -0.4 is 5.32 Å². The summed E-state index contributed by atoms with van der Waals surface area (Å²) in [4.78, 5) is 9.70. The molecule has 0 amide bonds. The zero-order valence-electron chi connectivity index (χ0n) is 10.5. The molecule has 0 fully saturated rings. The van der Waals surface area contributed by atoms with Crippen LogP contribution in [0.4, 0.5) is 0 Å². The van der Waals surface area contributed by atoms with Gasteiger partial charge in [-0.05, 0) is 20.8 Å². The van der Waals surface area contributed by atoms with Crippen LogP contribution in [0.5, 0.6) is 0 Å². The second-order valence-electron chi connectivity index (χ2n) is 4.34. The number of hydrogen-bond acceptors (Lipinski definition) is 4. The van der Waals surface area contributed by atoms with Gasteiger partial charge in [-0.15, -0.1) is 11.3 Å². The predicted molar refractivity (Wildman–Crippen MR) is 70.0 cm³/mol. The summed E-state index contributed by atoms with van der Waals surface area (Å²) in [5.74, 6) is 0. The first kappa shape index (κ1) is 12.3. The Kier molecular flexibility index (Phi) is 3.91. The third-order valence-electron chi connectivity index (χ3n) is 2.58. The SMILES string of the molecule is Cc1ncc(CNCc2cncn2C(C)C)s1. The number of imidazole rings is 1. The van der Waals surface area contributed by atoms with E-state index in [0.29, 0.717) is 6.04 Å². The van der Waals surface area contributed by atoms with Gasteiger partial charge in [-0.3, -0.25) is 0 Å². The Hall–Kier alpha value is -1.20. The normalized spacial score (nSPS) is 11.3. The lowest BCUT2D eigenvalue weighted by Gasteiger charge is -2.11. The van der Waals surface area contributed by atoms with E-state index in [4.69, 9.17) is 0 Å². The molecule has 0 aromatic carbocycles. The molecule has 2 aromatic rings. The maximum Gasteiger partial charge on any atom is 0.0951 e. The van der Waals surface area contributed by atoms with E-state index in [0.717, 1.165) is 18.1 Å². The summed E-state index contributed by atoms with van der Waals surface area (Å²) in [6, 6.07) is 0.458. The Morgan fingerprint density at radius 1 is 1.35 bits per heavy atom. The Morgan fingerprint density at radius 3 is 2.82 bits per heavy atom. The predicted octanol–water partition coefficient (Wildman–Crippen LogP) is 2.52. The van der Waals surface area contributed by atoms with E-state index in [-0.39, 0.29) is 0 Å². The highest BCUT2D eigenvalue weighted by molar-refractivity contribution is 7.11. The summed E-state index contributed by atoms with van der Waals surface area (Å²) in [7, 11) is 0. The van der Waals surface area contributed by atoms with Crippen molar-refractivity contribution in [1.82, 2.24) is 19.9 Å². The quantitative estimate of drug-likeness (QED) is 0.886. The van der Waals surface area contributed by atoms with Crippen LogP contribution in [0.25, 0.3) is 0 Å². The van der Waals surface area contributed by atoms with E-state index in [2.05, 4.69) is 33.7 Å². The van der Waals surface area contributed by atoms with Crippen molar-refractivity contribution in [2.75, 3.05) is 0 Å². The summed E-state index contributed by atoms with van der Waals surface area (Å²) in [5.41, 5.74) is 1.22. The third kappa shape index (κ3) is 3.14. The molecule has 0 aliphatic carbocycles. The molecule has 1 N–H and O–H groups in total. The number of hydrogen-bond donors (Lipinski definition) is 1. The summed E-state index contributed by atoms with van der Waals surface area (Å²) < 4.78 is 2.19. The van der Waals surface area contributed by atoms with Gasteiger partial charge in [0.25, 0.3) is 0 Å². The van der Waals surface area contributed by atoms with Crippen LogP contribution in [0.2, 0.25) is 0 Å². The molecule has 0 aliphatic rings. The van der Waals surface area contributed by atoms with Crippen molar-refractivity contribution >= 4 is 11.3 Å². The number of rotatable bonds is 5. The minimum absolute atomic E-state index is 0.458. The van der Waals surface area contributed by atoms with Crippen molar-refractivity contribution in [3.63, 3.8) is 0 Å². The molecular weight excluding hydrogens is 232 g/mol. The lowest BCUT2D eigenvalue weighted by atomic mass is 10.3. The van der Waals surface area contributed by atoms with Gasteiger partial charge in [-0.2, -0.15) is 0 Å². The van der Waals surface area contributed by atoms with Gasteiger partial charge in [0.15, 0.2) is 0 Å². The average Bonchev–Trinajstić information content (AvgIpc) is 2.87. The number of aryl methyl sites for hydroxylation is 1. The first-order valence-corrected chi connectivity index (χ1v) is 6.61. The Morgan fingerprint density at radius 2 is 2.18 bits per heavy atom. The first-order chi connectivity index (χ1) is 8.16. The first-order valence-electron chi connectivity index (χ1n) is 5.79. The minimum atomic E-state index is 0.458. The highest BCUT2D eigenvalue weighted by Crippen LogP contribution is 2.12. The molecule has 2 heterocycles. The van der Waals surface area contributed by atoms with E-state index in [1.54, 1.807) is 11.3 Å². The van der Waals surface area contributed by atoms with Crippen LogP contribution in [0.3, 0.4) is 0 Å². The standard InChI is InChI=1S/C12H18N4S/c1-9(2)16-8-14-5-11(16)4-13-6-12-7-15-10(3)17-12/h5,7-9,13H,4,6H2,1-3H3. The van der Waals surface area contributed by atoms with Gasteiger partial charge in [-0.1, -0.05) is 0 Å². The van der Waals surface area contributed by atoms with Gasteiger partial charge in [0, 0.05) is 36.4 Å². The number of thiazole rings is 1. The molecule has 0 saturated carbocycles. The molecule has 2 rings (SSSR count). The lowest BCUT2D eigenvalue weighted by Crippen LogP contribution is -2.15. The van der Waals surface area contributed by atoms with E-state index in [1.165, 1.54) is 10.6 Å². The fraction of sp³-hybridized carbons (Fsp3) is 0.500. The zero-order chi connectivity index (χ0) is 12.3. The van der Waals surface area contributed by atoms with Crippen molar-refractivity contribution in [2.24, 2.45) is 0 Å². The van der Waals surface area contributed by atoms with Crippen molar-refractivity contribution in [1.29, 1.82) is 0 Å². The monoisotopic (exact) mass is 250 g/mol. The van der Waals surface area contributed by atoms with Crippen molar-refractivity contribution in [2.45, 2.75) is 39.9 Å². The van der Waals surface area contributed by atoms with E-state index in [9.17, 15) is 0 Å². The van der Waals surface area contributed by atoms with Crippen LogP contribution in [0, 0.1) is 6.92 Å². The molecule has 0 saturated heterocycles. The number of nitrogens with one attached hydrogen (secondary N) is 1. The van der Waals surface area contributed by atoms with Crippen molar-refractivity contribution in [3.05, 3.63) is 34.3 Å². The highest BCUT2D eigenvalue weighted by Gasteiger charge is 2.05. The lowest BCUT2D eigenvalue weighted by molar-refractivity contribution is 0.551. The Labute approximate surface area is 106 Å². The fourth-order valence-corrected chi connectivity index (χ4v) is 2.50. The molecule has 5 heteroatoms. The average molecular weight is 250 g/mol. The maximum absolute atomic E-state index is 4.24. The molecule has 2 aromatic heterocycles. The maximum atomic E-state index is 4.24. The second-order valence-corrected chi connectivity index (χ2v) is 5.65. The molecule has 0 spiro atoms. The van der Waals surface area contributed by atoms with Crippen molar-refractivity contribution in [3.8, 4) is 0 Å². The van der Waals surface area contributed by atoms with E-state index < -0.39 is 0 Å². The van der Waals surface area contributed by atoms with E-state index in [1.807, 2.05) is 25.6 Å². The molecule has 0 atom stereocenters. The van der Waals surface area contributed by atoms with Gasteiger partial charge >= 0.3 is 0 Å². The van der Waals surface area contributed by atoms with Crippen LogP contribution in [0.1, 0.15) is 35.5 Å². The number of nitrogens with zero attached hydrogens (tertiary/aromatic N) is 3. The van der Waals surface area contributed by atoms with Gasteiger partial charge < -0.3 is 9.88 Å². The zero-order valence-corrected chi connectivity index (χ0v) is 11.3. The second kappa shape index (κ2) is 5.42. The molecule has 0 aliphatic heterocycles. The van der Waals surface area contributed by atoms with Gasteiger partial charge in [0.1, 0.15) is 0 Å². The van der Waals surface area contributed by atoms with Crippen molar-refractivity contribution < 1.29 is 0 Å². The molecule has 17 heavy (non-hydrogen) atoms. The summed E-state index contributed by atoms with van der Waals surface area (Å²) in [6.07, 6.45) is 5.75. The molecule has 92 valence electrons. The molecule has 0 unspecified atom stereocenters. The fourth-order valence-electron chi connectivity index (χ4n) is 1.73.